The van der Waals surface area contributed by atoms with Crippen molar-refractivity contribution in [2.24, 2.45) is 0 Å². The van der Waals surface area contributed by atoms with E-state index < -0.39 is 5.97 Å². The number of para-hydroxylation sites is 1. The molecule has 1 aliphatic rings. The average Bonchev–Trinajstić information content (AvgIpc) is 3.42. The number of nitrogens with one attached hydrogen (secondary N) is 1. The third-order valence-electron chi connectivity index (χ3n) is 5.84. The number of ketones is 1. The molecule has 0 saturated carbocycles. The summed E-state index contributed by atoms with van der Waals surface area (Å²) in [6, 6.07) is 7.98. The van der Waals surface area contributed by atoms with Crippen LogP contribution in [0, 0.1) is 13.8 Å². The minimum Gasteiger partial charge on any atom is -0.465 e. The number of rotatable bonds is 5. The molecule has 0 aliphatic carbocycles. The molecule has 1 fully saturated rings. The molecule has 0 spiro atoms. The highest BCUT2D eigenvalue weighted by atomic mass is 32.1. The van der Waals surface area contributed by atoms with E-state index in [0.29, 0.717) is 22.5 Å². The number of nitrogens with zero attached hydrogens (tertiary/aromatic N) is 2. The van der Waals surface area contributed by atoms with E-state index in [1.54, 1.807) is 25.2 Å². The lowest BCUT2D eigenvalue weighted by Gasteiger charge is -2.28. The van der Waals surface area contributed by atoms with Crippen molar-refractivity contribution in [3.8, 4) is 0 Å². The van der Waals surface area contributed by atoms with E-state index >= 15 is 0 Å². The van der Waals surface area contributed by atoms with Gasteiger partial charge in [-0.15, -0.1) is 11.3 Å². The predicted octanol–water partition coefficient (Wildman–Crippen LogP) is 4.44. The molecule has 2 unspecified atom stereocenters. The molecular weight excluding hydrogens is 386 g/mol. The molecule has 29 heavy (non-hydrogen) atoms. The van der Waals surface area contributed by atoms with Crippen molar-refractivity contribution in [2.75, 3.05) is 13.7 Å². The standard InChI is InChI=1S/C22H25N3O3S/c1-12-18(22(27)28-4)13(2)23-19(12)20(26)14(3)25-11-7-9-16(25)21-24-15-8-5-6-10-17(15)29-21/h5-6,8,10,14,16,23H,7,9,11H2,1-4H3. The molecule has 0 bridgehead atoms. The maximum absolute atomic E-state index is 13.3. The summed E-state index contributed by atoms with van der Waals surface area (Å²) < 4.78 is 6.04. The van der Waals surface area contributed by atoms with Crippen LogP contribution in [-0.2, 0) is 4.74 Å². The first-order valence-corrected chi connectivity index (χ1v) is 10.7. The van der Waals surface area contributed by atoms with Gasteiger partial charge in [0.15, 0.2) is 5.78 Å². The van der Waals surface area contributed by atoms with Gasteiger partial charge in [0.05, 0.1) is 40.7 Å². The molecule has 1 saturated heterocycles. The zero-order chi connectivity index (χ0) is 20.7. The van der Waals surface area contributed by atoms with E-state index in [1.165, 1.54) is 11.8 Å². The van der Waals surface area contributed by atoms with E-state index in [4.69, 9.17) is 9.72 Å². The van der Waals surface area contributed by atoms with Crippen molar-refractivity contribution in [3.05, 3.63) is 51.8 Å². The first-order valence-electron chi connectivity index (χ1n) is 9.85. The molecule has 0 amide bonds. The SMILES string of the molecule is COC(=O)c1c(C)[nH]c(C(=O)C(C)N2CCCC2c2nc3ccccc3s2)c1C. The average molecular weight is 412 g/mol. The predicted molar refractivity (Wildman–Crippen MR) is 114 cm³/mol. The fraction of sp³-hybridized carbons (Fsp3) is 0.409. The van der Waals surface area contributed by atoms with Gasteiger partial charge in [0, 0.05) is 5.69 Å². The van der Waals surface area contributed by atoms with Gasteiger partial charge in [-0.2, -0.15) is 0 Å². The molecule has 4 rings (SSSR count). The first kappa shape index (κ1) is 19.8. The van der Waals surface area contributed by atoms with Crippen LogP contribution >= 0.6 is 11.3 Å². The summed E-state index contributed by atoms with van der Waals surface area (Å²) >= 11 is 1.71. The smallest absolute Gasteiger partial charge is 0.339 e. The fourth-order valence-corrected chi connectivity index (χ4v) is 5.44. The van der Waals surface area contributed by atoms with Crippen LogP contribution in [-0.4, -0.2) is 46.3 Å². The number of aryl methyl sites for hydroxylation is 1. The van der Waals surface area contributed by atoms with E-state index in [0.717, 1.165) is 29.9 Å². The van der Waals surface area contributed by atoms with Crippen LogP contribution in [0.15, 0.2) is 24.3 Å². The van der Waals surface area contributed by atoms with Crippen LogP contribution in [0.4, 0.5) is 0 Å². The number of Topliss-reactive ketones (excluding diaryl/α,β-unsaturated/α-hetero) is 1. The number of benzene rings is 1. The highest BCUT2D eigenvalue weighted by molar-refractivity contribution is 7.18. The fourth-order valence-electron chi connectivity index (χ4n) is 4.31. The number of methoxy groups -OCH3 is 1. The molecule has 1 aliphatic heterocycles. The summed E-state index contributed by atoms with van der Waals surface area (Å²) in [7, 11) is 1.35. The Morgan fingerprint density at radius 1 is 1.31 bits per heavy atom. The van der Waals surface area contributed by atoms with Crippen LogP contribution in [0.3, 0.4) is 0 Å². The minimum atomic E-state index is -0.420. The van der Waals surface area contributed by atoms with Gasteiger partial charge >= 0.3 is 5.97 Å². The van der Waals surface area contributed by atoms with Gasteiger partial charge in [-0.3, -0.25) is 9.69 Å². The minimum absolute atomic E-state index is 0.00577. The van der Waals surface area contributed by atoms with Crippen molar-refractivity contribution in [3.63, 3.8) is 0 Å². The Hall–Kier alpha value is -2.51. The van der Waals surface area contributed by atoms with Gasteiger partial charge in [-0.1, -0.05) is 12.1 Å². The maximum Gasteiger partial charge on any atom is 0.339 e. The topological polar surface area (TPSA) is 75.3 Å². The molecule has 7 heteroatoms. The van der Waals surface area contributed by atoms with Gasteiger partial charge in [-0.25, -0.2) is 9.78 Å². The van der Waals surface area contributed by atoms with Gasteiger partial charge in [-0.05, 0) is 57.9 Å². The quantitative estimate of drug-likeness (QED) is 0.496. The molecule has 3 aromatic rings. The van der Waals surface area contributed by atoms with Crippen molar-refractivity contribution < 1.29 is 14.3 Å². The van der Waals surface area contributed by atoms with Crippen LogP contribution < -0.4 is 0 Å². The van der Waals surface area contributed by atoms with Gasteiger partial charge in [0.1, 0.15) is 5.01 Å². The number of ether oxygens (including phenoxy) is 1. The highest BCUT2D eigenvalue weighted by Crippen LogP contribution is 2.38. The Morgan fingerprint density at radius 2 is 2.07 bits per heavy atom. The second-order valence-corrected chi connectivity index (χ2v) is 8.63. The summed E-state index contributed by atoms with van der Waals surface area (Å²) in [6.45, 7) is 6.39. The Labute approximate surface area is 173 Å². The third kappa shape index (κ3) is 3.38. The van der Waals surface area contributed by atoms with E-state index in [-0.39, 0.29) is 17.9 Å². The number of carbonyl (C=O) groups is 2. The molecule has 2 atom stereocenters. The number of likely N-dealkylation sites (tertiary alicyclic amines) is 1. The molecule has 1 N–H and O–H groups in total. The monoisotopic (exact) mass is 411 g/mol. The van der Waals surface area contributed by atoms with E-state index in [2.05, 4.69) is 16.0 Å². The van der Waals surface area contributed by atoms with Gasteiger partial charge < -0.3 is 9.72 Å². The lowest BCUT2D eigenvalue weighted by Crippen LogP contribution is -2.39. The van der Waals surface area contributed by atoms with Crippen LogP contribution in [0.25, 0.3) is 10.2 Å². The summed E-state index contributed by atoms with van der Waals surface area (Å²) in [4.78, 5) is 35.6. The second kappa shape index (κ2) is 7.72. The Balaban J connectivity index is 1.62. The Morgan fingerprint density at radius 3 is 2.79 bits per heavy atom. The van der Waals surface area contributed by atoms with Crippen molar-refractivity contribution in [2.45, 2.75) is 45.7 Å². The number of hydrogen-bond donors (Lipinski definition) is 1. The number of aromatic amines is 1. The summed E-state index contributed by atoms with van der Waals surface area (Å²) in [6.07, 6.45) is 2.03. The lowest BCUT2D eigenvalue weighted by atomic mass is 10.0. The van der Waals surface area contributed by atoms with Crippen LogP contribution in [0.5, 0.6) is 0 Å². The number of thiazole rings is 1. The molecule has 152 valence electrons. The number of hydrogen-bond acceptors (Lipinski definition) is 6. The number of fused-ring (bicyclic) bond motifs is 1. The van der Waals surface area contributed by atoms with Crippen molar-refractivity contribution in [1.82, 2.24) is 14.9 Å². The Bertz CT molecular complexity index is 1050. The molecule has 6 nitrogen and oxygen atoms in total. The number of aromatic nitrogens is 2. The number of esters is 1. The Kier molecular flexibility index (Phi) is 5.27. The van der Waals surface area contributed by atoms with Crippen LogP contribution in [0.1, 0.15) is 62.9 Å². The molecule has 1 aromatic carbocycles. The summed E-state index contributed by atoms with van der Waals surface area (Å²) in [5, 5.41) is 1.07. The molecule has 3 heterocycles. The molecular formula is C22H25N3O3S. The van der Waals surface area contributed by atoms with Crippen LogP contribution in [0.2, 0.25) is 0 Å². The third-order valence-corrected chi connectivity index (χ3v) is 6.98. The van der Waals surface area contributed by atoms with E-state index in [9.17, 15) is 9.59 Å². The van der Waals surface area contributed by atoms with Gasteiger partial charge in [0.2, 0.25) is 0 Å². The van der Waals surface area contributed by atoms with Crippen molar-refractivity contribution in [1.29, 1.82) is 0 Å². The largest absolute Gasteiger partial charge is 0.465 e. The first-order chi connectivity index (χ1) is 13.9. The zero-order valence-electron chi connectivity index (χ0n) is 17.1. The normalized spacial score (nSPS) is 18.3. The lowest BCUT2D eigenvalue weighted by molar-refractivity contribution is 0.0599. The molecule has 2 aromatic heterocycles. The number of carbonyl (C=O) groups excluding carboxylic acids is 2. The maximum atomic E-state index is 13.3. The highest BCUT2D eigenvalue weighted by Gasteiger charge is 2.36. The second-order valence-electron chi connectivity index (χ2n) is 7.57. The van der Waals surface area contributed by atoms with Crippen molar-refractivity contribution >= 4 is 33.3 Å². The number of H-pyrrole nitrogens is 1. The van der Waals surface area contributed by atoms with Gasteiger partial charge in [0.25, 0.3) is 0 Å². The zero-order valence-corrected chi connectivity index (χ0v) is 17.9. The van der Waals surface area contributed by atoms with E-state index in [1.807, 2.05) is 25.1 Å². The molecule has 0 radical (unpaired) electrons. The summed E-state index contributed by atoms with van der Waals surface area (Å²) in [5.41, 5.74) is 3.27. The summed E-state index contributed by atoms with van der Waals surface area (Å²) in [5.74, 6) is -0.426.